The number of rotatable bonds is 5. The Labute approximate surface area is 178 Å². The molecule has 0 saturated heterocycles. The lowest BCUT2D eigenvalue weighted by Gasteiger charge is -2.57. The van der Waals surface area contributed by atoms with Gasteiger partial charge in [-0.05, 0) is 84.5 Å². The minimum absolute atomic E-state index is 0.0454. The van der Waals surface area contributed by atoms with Crippen molar-refractivity contribution in [1.82, 2.24) is 0 Å². The fourth-order valence-corrected chi connectivity index (χ4v) is 8.41. The van der Waals surface area contributed by atoms with Gasteiger partial charge in [0.15, 0.2) is 11.6 Å². The number of ketones is 2. The zero-order chi connectivity index (χ0) is 21.0. The first-order chi connectivity index (χ1) is 13.7. The van der Waals surface area contributed by atoms with Crippen LogP contribution in [0.5, 0.6) is 0 Å². The summed E-state index contributed by atoms with van der Waals surface area (Å²) >= 11 is 0. The molecule has 29 heavy (non-hydrogen) atoms. The van der Waals surface area contributed by atoms with Crippen molar-refractivity contribution >= 4 is 11.6 Å². The first-order valence-corrected chi connectivity index (χ1v) is 12.4. The molecule has 0 aliphatic heterocycles. The van der Waals surface area contributed by atoms with E-state index in [1.54, 1.807) is 6.08 Å². The van der Waals surface area contributed by atoms with Crippen molar-refractivity contribution in [1.29, 1.82) is 0 Å². The molecular formula is C27H42O2. The van der Waals surface area contributed by atoms with Gasteiger partial charge in [0, 0.05) is 18.4 Å². The van der Waals surface area contributed by atoms with E-state index >= 15 is 0 Å². The summed E-state index contributed by atoms with van der Waals surface area (Å²) in [7, 11) is 0. The van der Waals surface area contributed by atoms with Gasteiger partial charge in [0.2, 0.25) is 0 Å². The van der Waals surface area contributed by atoms with E-state index in [4.69, 9.17) is 0 Å². The standard InChI is InChI=1S/C27H42O2/c1-17(2)7-6-8-18(3)21-9-10-22-20-16-25(29)24-15-19(28)11-13-27(24,5)23(20)12-14-26(21,22)4/h15,17-18,20-23H,6-14,16H2,1-5H3/t18-,20+,21-,22+,23+,26+,27+/m0/s1. The summed E-state index contributed by atoms with van der Waals surface area (Å²) in [5.41, 5.74) is 1.26. The third kappa shape index (κ3) is 3.47. The van der Waals surface area contributed by atoms with E-state index < -0.39 is 0 Å². The Bertz CT molecular complexity index is 703. The van der Waals surface area contributed by atoms with Crippen LogP contribution >= 0.6 is 0 Å². The van der Waals surface area contributed by atoms with Crippen LogP contribution in [0.4, 0.5) is 0 Å². The summed E-state index contributed by atoms with van der Waals surface area (Å²) in [4.78, 5) is 25.1. The van der Waals surface area contributed by atoms with Gasteiger partial charge in [-0.3, -0.25) is 9.59 Å². The molecule has 0 spiro atoms. The summed E-state index contributed by atoms with van der Waals surface area (Å²) in [5.74, 6) is 4.76. The molecular weight excluding hydrogens is 356 g/mol. The largest absolute Gasteiger partial charge is 0.295 e. The molecule has 0 aromatic carbocycles. The molecule has 0 heterocycles. The SMILES string of the molecule is CC(C)CCC[C@H](C)[C@@H]1CC[C@@H]2[C@H]3CC(=O)C4=CC(=O)CC[C@]4(C)[C@@H]3CC[C@@]21C. The third-order valence-corrected chi connectivity index (χ3v) is 9.99. The van der Waals surface area contributed by atoms with E-state index in [2.05, 4.69) is 34.6 Å². The van der Waals surface area contributed by atoms with Crippen LogP contribution in [0.1, 0.15) is 98.8 Å². The molecule has 3 fully saturated rings. The smallest absolute Gasteiger partial charge is 0.159 e. The maximum atomic E-state index is 13.1. The molecule has 0 bridgehead atoms. The van der Waals surface area contributed by atoms with Crippen LogP contribution in [0.2, 0.25) is 0 Å². The summed E-state index contributed by atoms with van der Waals surface area (Å²) in [6.45, 7) is 12.1. The Morgan fingerprint density at radius 3 is 2.48 bits per heavy atom. The van der Waals surface area contributed by atoms with Gasteiger partial charge in [-0.15, -0.1) is 0 Å². The van der Waals surface area contributed by atoms with Gasteiger partial charge in [0.25, 0.3) is 0 Å². The summed E-state index contributed by atoms with van der Waals surface area (Å²) < 4.78 is 0. The van der Waals surface area contributed by atoms with Crippen molar-refractivity contribution < 1.29 is 9.59 Å². The van der Waals surface area contributed by atoms with Gasteiger partial charge in [0.1, 0.15) is 0 Å². The molecule has 2 heteroatoms. The second-order valence-corrected chi connectivity index (χ2v) is 12.0. The van der Waals surface area contributed by atoms with Crippen LogP contribution in [0.3, 0.4) is 0 Å². The molecule has 0 N–H and O–H groups in total. The lowest BCUT2D eigenvalue weighted by molar-refractivity contribution is -0.131. The van der Waals surface area contributed by atoms with E-state index in [1.807, 2.05) is 0 Å². The zero-order valence-corrected chi connectivity index (χ0v) is 19.4. The molecule has 7 atom stereocenters. The van der Waals surface area contributed by atoms with Crippen molar-refractivity contribution in [3.8, 4) is 0 Å². The maximum Gasteiger partial charge on any atom is 0.159 e. The predicted molar refractivity (Wildman–Crippen MR) is 118 cm³/mol. The lowest BCUT2D eigenvalue weighted by atomic mass is 9.46. The summed E-state index contributed by atoms with van der Waals surface area (Å²) in [6, 6.07) is 0. The number of hydrogen-bond acceptors (Lipinski definition) is 2. The predicted octanol–water partition coefficient (Wildman–Crippen LogP) is 6.78. The number of Topliss-reactive ketones (excluding diaryl/α,β-unsaturated/α-hetero) is 1. The number of carbonyl (C=O) groups excluding carboxylic acids is 2. The van der Waals surface area contributed by atoms with Crippen molar-refractivity contribution in [2.24, 2.45) is 46.3 Å². The summed E-state index contributed by atoms with van der Waals surface area (Å²) in [6.07, 6.45) is 13.3. The Balaban J connectivity index is 1.54. The quantitative estimate of drug-likeness (QED) is 0.512. The average molecular weight is 399 g/mol. The highest BCUT2D eigenvalue weighted by Crippen LogP contribution is 2.67. The van der Waals surface area contributed by atoms with Crippen LogP contribution < -0.4 is 0 Å². The van der Waals surface area contributed by atoms with E-state index in [9.17, 15) is 9.59 Å². The van der Waals surface area contributed by atoms with Crippen molar-refractivity contribution in [3.63, 3.8) is 0 Å². The van der Waals surface area contributed by atoms with Crippen LogP contribution in [0.15, 0.2) is 11.6 Å². The van der Waals surface area contributed by atoms with Crippen molar-refractivity contribution in [2.45, 2.75) is 98.8 Å². The molecule has 0 aromatic rings. The molecule has 4 rings (SSSR count). The molecule has 162 valence electrons. The molecule has 3 saturated carbocycles. The van der Waals surface area contributed by atoms with Crippen molar-refractivity contribution in [2.75, 3.05) is 0 Å². The molecule has 0 radical (unpaired) electrons. The van der Waals surface area contributed by atoms with E-state index in [1.165, 1.54) is 44.9 Å². The lowest BCUT2D eigenvalue weighted by Crippen LogP contribution is -2.53. The number of carbonyl (C=O) groups is 2. The van der Waals surface area contributed by atoms with Gasteiger partial charge in [0.05, 0.1) is 0 Å². The first-order valence-electron chi connectivity index (χ1n) is 12.4. The number of hydrogen-bond donors (Lipinski definition) is 0. The number of allylic oxidation sites excluding steroid dienone is 1. The van der Waals surface area contributed by atoms with E-state index in [0.717, 1.165) is 29.7 Å². The highest BCUT2D eigenvalue weighted by Gasteiger charge is 2.60. The molecule has 0 unspecified atom stereocenters. The fraction of sp³-hybridized carbons (Fsp3) is 0.852. The van der Waals surface area contributed by atoms with Crippen LogP contribution in [-0.4, -0.2) is 11.6 Å². The number of fused-ring (bicyclic) bond motifs is 5. The minimum Gasteiger partial charge on any atom is -0.295 e. The van der Waals surface area contributed by atoms with Gasteiger partial charge in [-0.1, -0.05) is 53.9 Å². The maximum absolute atomic E-state index is 13.1. The summed E-state index contributed by atoms with van der Waals surface area (Å²) in [5, 5.41) is 0. The zero-order valence-electron chi connectivity index (χ0n) is 19.4. The van der Waals surface area contributed by atoms with Gasteiger partial charge in [-0.25, -0.2) is 0 Å². The third-order valence-electron chi connectivity index (χ3n) is 9.99. The monoisotopic (exact) mass is 398 g/mol. The Morgan fingerprint density at radius 2 is 1.76 bits per heavy atom. The highest BCUT2D eigenvalue weighted by atomic mass is 16.1. The molecule has 0 amide bonds. The Morgan fingerprint density at radius 1 is 1.00 bits per heavy atom. The molecule has 4 aliphatic rings. The van der Waals surface area contributed by atoms with Gasteiger partial charge >= 0.3 is 0 Å². The fourth-order valence-electron chi connectivity index (χ4n) is 8.41. The molecule has 2 nitrogen and oxygen atoms in total. The van der Waals surface area contributed by atoms with E-state index in [0.29, 0.717) is 41.8 Å². The second-order valence-electron chi connectivity index (χ2n) is 12.0. The van der Waals surface area contributed by atoms with Crippen LogP contribution in [0.25, 0.3) is 0 Å². The van der Waals surface area contributed by atoms with Crippen LogP contribution in [-0.2, 0) is 9.59 Å². The molecule has 4 aliphatic carbocycles. The average Bonchev–Trinajstić information content (AvgIpc) is 3.00. The minimum atomic E-state index is -0.0454. The first kappa shape index (κ1) is 21.3. The van der Waals surface area contributed by atoms with E-state index in [-0.39, 0.29) is 11.2 Å². The normalized spacial score (nSPS) is 42.9. The van der Waals surface area contributed by atoms with Crippen LogP contribution in [0, 0.1) is 46.3 Å². The van der Waals surface area contributed by atoms with Gasteiger partial charge in [-0.2, -0.15) is 0 Å². The topological polar surface area (TPSA) is 34.1 Å². The highest BCUT2D eigenvalue weighted by molar-refractivity contribution is 6.05. The second kappa shape index (κ2) is 7.65. The molecule has 0 aromatic heterocycles. The van der Waals surface area contributed by atoms with Crippen molar-refractivity contribution in [3.05, 3.63) is 11.6 Å². The van der Waals surface area contributed by atoms with Gasteiger partial charge < -0.3 is 0 Å². The Kier molecular flexibility index (Phi) is 5.62. The Hall–Kier alpha value is -0.920.